The van der Waals surface area contributed by atoms with Gasteiger partial charge in [0.25, 0.3) is 0 Å². The molecule has 0 radical (unpaired) electrons. The van der Waals surface area contributed by atoms with E-state index in [-0.39, 0.29) is 0 Å². The van der Waals surface area contributed by atoms with Crippen molar-refractivity contribution in [2.24, 2.45) is 0 Å². The Bertz CT molecular complexity index is 554. The van der Waals surface area contributed by atoms with E-state index < -0.39 is 0 Å². The first-order valence-electron chi connectivity index (χ1n) is 7.80. The zero-order valence-corrected chi connectivity index (χ0v) is 12.6. The smallest absolute Gasteiger partial charge is 0.128 e. The first-order chi connectivity index (χ1) is 10.4. The quantitative estimate of drug-likeness (QED) is 0.886. The molecule has 1 saturated heterocycles. The van der Waals surface area contributed by atoms with Gasteiger partial charge in [0.05, 0.1) is 30.5 Å². The van der Waals surface area contributed by atoms with E-state index in [2.05, 4.69) is 43.8 Å². The first kappa shape index (κ1) is 13.9. The Labute approximate surface area is 126 Å². The summed E-state index contributed by atoms with van der Waals surface area (Å²) in [6, 6.07) is 4.22. The number of aryl methyl sites for hydroxylation is 1. The molecule has 5 heteroatoms. The molecule has 1 aliphatic heterocycles. The normalized spacial score (nSPS) is 14.6. The van der Waals surface area contributed by atoms with Crippen molar-refractivity contribution in [3.05, 3.63) is 36.5 Å². The summed E-state index contributed by atoms with van der Waals surface area (Å²) >= 11 is 0. The number of nitrogens with zero attached hydrogens (tertiary/aromatic N) is 4. The van der Waals surface area contributed by atoms with Crippen molar-refractivity contribution in [3.8, 4) is 0 Å². The van der Waals surface area contributed by atoms with E-state index in [9.17, 15) is 0 Å². The van der Waals surface area contributed by atoms with Crippen molar-refractivity contribution >= 4 is 11.5 Å². The third-order valence-corrected chi connectivity index (χ3v) is 3.91. The molecule has 5 nitrogen and oxygen atoms in total. The number of hydrogen-bond acceptors (Lipinski definition) is 4. The maximum absolute atomic E-state index is 4.56. The molecule has 2 aromatic rings. The van der Waals surface area contributed by atoms with Gasteiger partial charge in [0.2, 0.25) is 0 Å². The Morgan fingerprint density at radius 2 is 2.05 bits per heavy atom. The molecular formula is C16H23N5. The number of imidazole rings is 1. The minimum absolute atomic E-state index is 0.782. The maximum atomic E-state index is 4.56. The lowest BCUT2D eigenvalue weighted by Crippen LogP contribution is -2.18. The minimum atomic E-state index is 0.782. The molecule has 0 spiro atoms. The van der Waals surface area contributed by atoms with Gasteiger partial charge in [0, 0.05) is 25.8 Å². The predicted octanol–water partition coefficient (Wildman–Crippen LogP) is 2.90. The van der Waals surface area contributed by atoms with Crippen molar-refractivity contribution in [2.45, 2.75) is 39.3 Å². The number of pyridine rings is 1. The summed E-state index contributed by atoms with van der Waals surface area (Å²) < 4.78 is 2.19. The Balaban J connectivity index is 1.58. The molecule has 0 unspecified atom stereocenters. The van der Waals surface area contributed by atoms with Gasteiger partial charge in [-0.25, -0.2) is 9.97 Å². The highest BCUT2D eigenvalue weighted by Gasteiger charge is 2.12. The first-order valence-corrected chi connectivity index (χ1v) is 7.80. The topological polar surface area (TPSA) is 46.0 Å². The molecule has 0 aromatic carbocycles. The zero-order chi connectivity index (χ0) is 14.5. The molecule has 3 heterocycles. The molecule has 0 saturated carbocycles. The van der Waals surface area contributed by atoms with Crippen LogP contribution in [-0.2, 0) is 13.1 Å². The van der Waals surface area contributed by atoms with Crippen molar-refractivity contribution < 1.29 is 0 Å². The summed E-state index contributed by atoms with van der Waals surface area (Å²) in [4.78, 5) is 11.1. The second-order valence-electron chi connectivity index (χ2n) is 5.53. The van der Waals surface area contributed by atoms with E-state index in [0.29, 0.717) is 0 Å². The van der Waals surface area contributed by atoms with Crippen LogP contribution in [0.3, 0.4) is 0 Å². The van der Waals surface area contributed by atoms with E-state index in [4.69, 9.17) is 0 Å². The average molecular weight is 285 g/mol. The van der Waals surface area contributed by atoms with Crippen LogP contribution in [0.2, 0.25) is 0 Å². The van der Waals surface area contributed by atoms with E-state index >= 15 is 0 Å². The van der Waals surface area contributed by atoms with Crippen LogP contribution in [0.4, 0.5) is 11.5 Å². The lowest BCUT2D eigenvalue weighted by Gasteiger charge is -2.16. The molecule has 1 fully saturated rings. The Morgan fingerprint density at radius 1 is 1.19 bits per heavy atom. The minimum Gasteiger partial charge on any atom is -0.378 e. The molecule has 2 aromatic heterocycles. The van der Waals surface area contributed by atoms with Crippen LogP contribution in [-0.4, -0.2) is 27.6 Å². The Morgan fingerprint density at radius 3 is 2.76 bits per heavy atom. The molecule has 0 atom stereocenters. The second kappa shape index (κ2) is 6.61. The Kier molecular flexibility index (Phi) is 4.38. The van der Waals surface area contributed by atoms with Gasteiger partial charge in [-0.3, -0.25) is 0 Å². The number of anilines is 2. The van der Waals surface area contributed by atoms with Gasteiger partial charge in [-0.1, -0.05) is 6.92 Å². The molecule has 3 rings (SSSR count). The van der Waals surface area contributed by atoms with Crippen molar-refractivity contribution in [1.82, 2.24) is 14.5 Å². The number of rotatable bonds is 6. The monoisotopic (exact) mass is 285 g/mol. The summed E-state index contributed by atoms with van der Waals surface area (Å²) in [6.07, 6.45) is 9.43. The number of nitrogens with one attached hydrogen (secondary N) is 1. The number of aromatic nitrogens is 3. The average Bonchev–Trinajstić information content (AvgIpc) is 3.18. The lowest BCUT2D eigenvalue weighted by atomic mass is 10.3. The number of hydrogen-bond donors (Lipinski definition) is 1. The van der Waals surface area contributed by atoms with Gasteiger partial charge in [-0.2, -0.15) is 0 Å². The van der Waals surface area contributed by atoms with Gasteiger partial charge in [0.15, 0.2) is 0 Å². The summed E-state index contributed by atoms with van der Waals surface area (Å²) in [7, 11) is 0. The zero-order valence-electron chi connectivity index (χ0n) is 12.6. The highest BCUT2D eigenvalue weighted by atomic mass is 15.2. The molecule has 0 amide bonds. The summed E-state index contributed by atoms with van der Waals surface area (Å²) in [5, 5.41) is 3.42. The third-order valence-electron chi connectivity index (χ3n) is 3.91. The van der Waals surface area contributed by atoms with Crippen LogP contribution in [0.5, 0.6) is 0 Å². The fraction of sp³-hybridized carbons (Fsp3) is 0.500. The summed E-state index contributed by atoms with van der Waals surface area (Å²) in [6.45, 7) is 6.25. The second-order valence-corrected chi connectivity index (χ2v) is 5.53. The van der Waals surface area contributed by atoms with Gasteiger partial charge >= 0.3 is 0 Å². The summed E-state index contributed by atoms with van der Waals surface area (Å²) in [5.74, 6) is 1.09. The van der Waals surface area contributed by atoms with Crippen LogP contribution >= 0.6 is 0 Å². The summed E-state index contributed by atoms with van der Waals surface area (Å²) in [5.41, 5.74) is 2.27. The van der Waals surface area contributed by atoms with Crippen LogP contribution in [0.25, 0.3) is 0 Å². The van der Waals surface area contributed by atoms with Crippen molar-refractivity contribution in [3.63, 3.8) is 0 Å². The highest BCUT2D eigenvalue weighted by Crippen LogP contribution is 2.19. The molecule has 0 bridgehead atoms. The largest absolute Gasteiger partial charge is 0.378 e. The fourth-order valence-corrected chi connectivity index (χ4v) is 2.75. The van der Waals surface area contributed by atoms with Crippen molar-refractivity contribution in [1.29, 1.82) is 0 Å². The van der Waals surface area contributed by atoms with Crippen LogP contribution in [0.1, 0.15) is 31.9 Å². The van der Waals surface area contributed by atoms with E-state index in [1.807, 2.05) is 18.7 Å². The molecule has 112 valence electrons. The van der Waals surface area contributed by atoms with Gasteiger partial charge in [-0.15, -0.1) is 0 Å². The maximum Gasteiger partial charge on any atom is 0.128 e. The SMILES string of the molecule is CCCn1cncc1CNc1ccc(N2CCCC2)nc1. The molecule has 1 N–H and O–H groups in total. The van der Waals surface area contributed by atoms with Crippen LogP contribution < -0.4 is 10.2 Å². The predicted molar refractivity (Wildman–Crippen MR) is 85.5 cm³/mol. The van der Waals surface area contributed by atoms with Gasteiger partial charge in [-0.05, 0) is 31.4 Å². The molecule has 1 aliphatic rings. The van der Waals surface area contributed by atoms with Crippen LogP contribution in [0, 0.1) is 0 Å². The lowest BCUT2D eigenvalue weighted by molar-refractivity contribution is 0.651. The Hall–Kier alpha value is -2.04. The van der Waals surface area contributed by atoms with Crippen LogP contribution in [0.15, 0.2) is 30.9 Å². The van der Waals surface area contributed by atoms with E-state index in [1.165, 1.54) is 18.5 Å². The van der Waals surface area contributed by atoms with Gasteiger partial charge in [0.1, 0.15) is 5.82 Å². The van der Waals surface area contributed by atoms with Gasteiger partial charge < -0.3 is 14.8 Å². The molecule has 21 heavy (non-hydrogen) atoms. The van der Waals surface area contributed by atoms with Crippen molar-refractivity contribution in [2.75, 3.05) is 23.3 Å². The fourth-order valence-electron chi connectivity index (χ4n) is 2.75. The van der Waals surface area contributed by atoms with E-state index in [0.717, 1.165) is 44.1 Å². The molecular weight excluding hydrogens is 262 g/mol. The third kappa shape index (κ3) is 3.35. The molecule has 0 aliphatic carbocycles. The standard InChI is InChI=1S/C16H23N5/c1-2-7-21-13-17-11-15(21)12-18-14-5-6-16(19-10-14)20-8-3-4-9-20/h5-6,10-11,13,18H,2-4,7-9,12H2,1H3. The van der Waals surface area contributed by atoms with E-state index in [1.54, 1.807) is 0 Å². The highest BCUT2D eigenvalue weighted by molar-refractivity contribution is 5.49.